The summed E-state index contributed by atoms with van der Waals surface area (Å²) in [6.45, 7) is 10.1. The summed E-state index contributed by atoms with van der Waals surface area (Å²) < 4.78 is 6.14. The highest BCUT2D eigenvalue weighted by Crippen LogP contribution is 2.37. The van der Waals surface area contributed by atoms with Crippen molar-refractivity contribution >= 4 is 5.78 Å². The summed E-state index contributed by atoms with van der Waals surface area (Å²) in [6.07, 6.45) is 5.28. The third kappa shape index (κ3) is 3.31. The molecule has 2 nitrogen and oxygen atoms in total. The first-order valence-corrected chi connectivity index (χ1v) is 6.51. The van der Waals surface area contributed by atoms with Crippen molar-refractivity contribution in [1.29, 1.82) is 0 Å². The molecule has 0 aromatic heterocycles. The second-order valence-electron chi connectivity index (χ2n) is 6.29. The lowest BCUT2D eigenvalue weighted by atomic mass is 9.77. The van der Waals surface area contributed by atoms with Crippen LogP contribution in [0.4, 0.5) is 0 Å². The summed E-state index contributed by atoms with van der Waals surface area (Å²) in [7, 11) is 0. The summed E-state index contributed by atoms with van der Waals surface area (Å²) in [5.74, 6) is 0.363. The molecular weight excluding hydrogens is 200 g/mol. The van der Waals surface area contributed by atoms with Gasteiger partial charge in [-0.25, -0.2) is 0 Å². The Morgan fingerprint density at radius 1 is 1.12 bits per heavy atom. The smallest absolute Gasteiger partial charge is 0.167 e. The van der Waals surface area contributed by atoms with Crippen molar-refractivity contribution in [3.63, 3.8) is 0 Å². The van der Waals surface area contributed by atoms with E-state index >= 15 is 0 Å². The van der Waals surface area contributed by atoms with Crippen LogP contribution in [0.2, 0.25) is 0 Å². The minimum Gasteiger partial charge on any atom is -0.362 e. The maximum absolute atomic E-state index is 12.4. The first kappa shape index (κ1) is 13.7. The van der Waals surface area contributed by atoms with E-state index in [1.807, 2.05) is 34.6 Å². The fourth-order valence-corrected chi connectivity index (χ4v) is 2.63. The summed E-state index contributed by atoms with van der Waals surface area (Å²) in [4.78, 5) is 12.4. The highest BCUT2D eigenvalue weighted by molar-refractivity contribution is 5.89. The van der Waals surface area contributed by atoms with Crippen LogP contribution in [0.1, 0.15) is 66.7 Å². The summed E-state index contributed by atoms with van der Waals surface area (Å²) >= 11 is 0. The van der Waals surface area contributed by atoms with Crippen molar-refractivity contribution in [3.8, 4) is 0 Å². The summed E-state index contributed by atoms with van der Waals surface area (Å²) in [5.41, 5.74) is -0.730. The standard InChI is InChI=1S/C14H26O2/c1-11(2)12(15)14(16-13(3,4)5)9-7-6-8-10-14/h11H,6-10H2,1-5H3. The van der Waals surface area contributed by atoms with Gasteiger partial charge in [-0.3, -0.25) is 4.79 Å². The van der Waals surface area contributed by atoms with E-state index in [1.54, 1.807) is 0 Å². The second-order valence-corrected chi connectivity index (χ2v) is 6.29. The van der Waals surface area contributed by atoms with E-state index in [2.05, 4.69) is 0 Å². The summed E-state index contributed by atoms with van der Waals surface area (Å²) in [5, 5.41) is 0. The molecule has 0 atom stereocenters. The first-order valence-electron chi connectivity index (χ1n) is 6.51. The van der Waals surface area contributed by atoms with Crippen LogP contribution in [-0.2, 0) is 9.53 Å². The van der Waals surface area contributed by atoms with Gasteiger partial charge in [0, 0.05) is 5.92 Å². The van der Waals surface area contributed by atoms with Crippen LogP contribution in [0.15, 0.2) is 0 Å². The molecular formula is C14H26O2. The second kappa shape index (κ2) is 4.87. The maximum atomic E-state index is 12.4. The number of ketones is 1. The van der Waals surface area contributed by atoms with Crippen molar-refractivity contribution in [2.45, 2.75) is 77.9 Å². The molecule has 0 saturated heterocycles. The molecule has 0 N–H and O–H groups in total. The number of hydrogen-bond donors (Lipinski definition) is 0. The van der Waals surface area contributed by atoms with Crippen LogP contribution in [0, 0.1) is 5.92 Å². The van der Waals surface area contributed by atoms with Gasteiger partial charge in [0.1, 0.15) is 5.60 Å². The minimum atomic E-state index is -0.495. The van der Waals surface area contributed by atoms with Gasteiger partial charge in [-0.2, -0.15) is 0 Å². The van der Waals surface area contributed by atoms with Crippen molar-refractivity contribution < 1.29 is 9.53 Å². The molecule has 0 spiro atoms. The normalized spacial score (nSPS) is 21.1. The van der Waals surface area contributed by atoms with Crippen LogP contribution < -0.4 is 0 Å². The van der Waals surface area contributed by atoms with Crippen LogP contribution in [0.3, 0.4) is 0 Å². The van der Waals surface area contributed by atoms with Gasteiger partial charge in [0.25, 0.3) is 0 Å². The van der Waals surface area contributed by atoms with Crippen molar-refractivity contribution in [1.82, 2.24) is 0 Å². The van der Waals surface area contributed by atoms with Gasteiger partial charge in [0.05, 0.1) is 5.60 Å². The van der Waals surface area contributed by atoms with Crippen molar-refractivity contribution in [3.05, 3.63) is 0 Å². The number of Topliss-reactive ketones (excluding diaryl/α,β-unsaturated/α-hetero) is 1. The molecule has 0 aromatic rings. The van der Waals surface area contributed by atoms with Crippen LogP contribution in [-0.4, -0.2) is 17.0 Å². The molecule has 1 saturated carbocycles. The third-order valence-corrected chi connectivity index (χ3v) is 3.14. The summed E-state index contributed by atoms with van der Waals surface area (Å²) in [6, 6.07) is 0. The average Bonchev–Trinajstić information content (AvgIpc) is 2.15. The number of carbonyl (C=O) groups is 1. The van der Waals surface area contributed by atoms with Crippen LogP contribution >= 0.6 is 0 Å². The fraction of sp³-hybridized carbons (Fsp3) is 0.929. The zero-order valence-corrected chi connectivity index (χ0v) is 11.4. The lowest BCUT2D eigenvalue weighted by molar-refractivity contribution is -0.175. The van der Waals surface area contributed by atoms with Crippen LogP contribution in [0.5, 0.6) is 0 Å². The Kier molecular flexibility index (Phi) is 4.17. The molecule has 1 aliphatic rings. The van der Waals surface area contributed by atoms with E-state index in [9.17, 15) is 4.79 Å². The number of carbonyl (C=O) groups excluding carboxylic acids is 1. The fourth-order valence-electron chi connectivity index (χ4n) is 2.63. The Hall–Kier alpha value is -0.370. The molecule has 0 aliphatic heterocycles. The Bertz CT molecular complexity index is 242. The Balaban J connectivity index is 2.87. The zero-order valence-electron chi connectivity index (χ0n) is 11.4. The van der Waals surface area contributed by atoms with Gasteiger partial charge in [-0.15, -0.1) is 0 Å². The predicted molar refractivity (Wildman–Crippen MR) is 66.5 cm³/mol. The van der Waals surface area contributed by atoms with Gasteiger partial charge in [0.15, 0.2) is 5.78 Å². The zero-order chi connectivity index (χ0) is 12.4. The SMILES string of the molecule is CC(C)C(=O)C1(OC(C)(C)C)CCCCC1. The molecule has 1 aliphatic carbocycles. The molecule has 0 aromatic carbocycles. The highest BCUT2D eigenvalue weighted by Gasteiger charge is 2.43. The molecule has 0 bridgehead atoms. The molecule has 0 heterocycles. The number of rotatable bonds is 3. The first-order chi connectivity index (χ1) is 7.27. The topological polar surface area (TPSA) is 26.3 Å². The van der Waals surface area contributed by atoms with Crippen molar-refractivity contribution in [2.75, 3.05) is 0 Å². The minimum absolute atomic E-state index is 0.0699. The quantitative estimate of drug-likeness (QED) is 0.733. The van der Waals surface area contributed by atoms with Crippen molar-refractivity contribution in [2.24, 2.45) is 5.92 Å². The maximum Gasteiger partial charge on any atom is 0.167 e. The largest absolute Gasteiger partial charge is 0.362 e. The van der Waals surface area contributed by atoms with E-state index in [0.29, 0.717) is 5.78 Å². The monoisotopic (exact) mass is 226 g/mol. The van der Waals surface area contributed by atoms with Gasteiger partial charge < -0.3 is 4.74 Å². The van der Waals surface area contributed by atoms with E-state index < -0.39 is 5.60 Å². The molecule has 16 heavy (non-hydrogen) atoms. The third-order valence-electron chi connectivity index (χ3n) is 3.14. The average molecular weight is 226 g/mol. The Labute approximate surface area is 99.8 Å². The molecule has 2 heteroatoms. The van der Waals surface area contributed by atoms with E-state index in [-0.39, 0.29) is 11.5 Å². The van der Waals surface area contributed by atoms with Gasteiger partial charge >= 0.3 is 0 Å². The van der Waals surface area contributed by atoms with E-state index in [0.717, 1.165) is 25.7 Å². The highest BCUT2D eigenvalue weighted by atomic mass is 16.5. The number of ether oxygens (including phenoxy) is 1. The van der Waals surface area contributed by atoms with E-state index in [4.69, 9.17) is 4.74 Å². The Morgan fingerprint density at radius 3 is 2.00 bits per heavy atom. The molecule has 0 radical (unpaired) electrons. The van der Waals surface area contributed by atoms with Gasteiger partial charge in [-0.1, -0.05) is 33.1 Å². The molecule has 0 amide bonds. The van der Waals surface area contributed by atoms with Gasteiger partial charge in [0.2, 0.25) is 0 Å². The van der Waals surface area contributed by atoms with Gasteiger partial charge in [-0.05, 0) is 33.6 Å². The lowest BCUT2D eigenvalue weighted by Gasteiger charge is -2.41. The van der Waals surface area contributed by atoms with E-state index in [1.165, 1.54) is 6.42 Å². The number of hydrogen-bond acceptors (Lipinski definition) is 2. The van der Waals surface area contributed by atoms with Crippen LogP contribution in [0.25, 0.3) is 0 Å². The molecule has 94 valence electrons. The lowest BCUT2D eigenvalue weighted by Crippen LogP contribution is -2.49. The predicted octanol–water partition coefficient (Wildman–Crippen LogP) is 3.73. The Morgan fingerprint density at radius 2 is 1.62 bits per heavy atom. The molecule has 0 unspecified atom stereocenters. The molecule has 1 fully saturated rings. The molecule has 1 rings (SSSR count).